The number of hydrogen-bond donors (Lipinski definition) is 1. The molecule has 86 valence electrons. The summed E-state index contributed by atoms with van der Waals surface area (Å²) in [6.07, 6.45) is 0. The molecule has 0 saturated carbocycles. The van der Waals surface area contributed by atoms with Crippen molar-refractivity contribution in [2.45, 2.75) is 13.8 Å². The Labute approximate surface area is 94.5 Å². The summed E-state index contributed by atoms with van der Waals surface area (Å²) in [5, 5.41) is 8.62. The summed E-state index contributed by atoms with van der Waals surface area (Å²) in [6.45, 7) is 3.40. The van der Waals surface area contributed by atoms with E-state index in [-0.39, 0.29) is 12.5 Å². The molecule has 0 saturated heterocycles. The third kappa shape index (κ3) is 2.59. The largest absolute Gasteiger partial charge is 0.480 e. The van der Waals surface area contributed by atoms with Gasteiger partial charge in [0.2, 0.25) is 0 Å². The van der Waals surface area contributed by atoms with Crippen LogP contribution in [0.25, 0.3) is 0 Å². The molecule has 0 heterocycles. The smallest absolute Gasteiger partial charge is 0.323 e. The number of carbonyl (C=O) groups is 2. The standard InChI is InChI=1S/C12H15NO3/c1-8-5-4-6-9(2)11(8)12(16)13(3)7-10(14)15/h4-6H,7H2,1-3H3,(H,14,15). The van der Waals surface area contributed by atoms with Crippen molar-refractivity contribution < 1.29 is 14.7 Å². The molecular weight excluding hydrogens is 206 g/mol. The Morgan fingerprint density at radius 3 is 2.19 bits per heavy atom. The van der Waals surface area contributed by atoms with Crippen LogP contribution in [0.3, 0.4) is 0 Å². The van der Waals surface area contributed by atoms with E-state index < -0.39 is 5.97 Å². The van der Waals surface area contributed by atoms with E-state index in [9.17, 15) is 9.59 Å². The maximum atomic E-state index is 12.0. The summed E-state index contributed by atoms with van der Waals surface area (Å²) in [6, 6.07) is 5.56. The lowest BCUT2D eigenvalue weighted by Gasteiger charge is -2.17. The van der Waals surface area contributed by atoms with Crippen LogP contribution in [0.5, 0.6) is 0 Å². The maximum Gasteiger partial charge on any atom is 0.323 e. The fourth-order valence-electron chi connectivity index (χ4n) is 1.62. The van der Waals surface area contributed by atoms with Crippen molar-refractivity contribution in [2.75, 3.05) is 13.6 Å². The monoisotopic (exact) mass is 221 g/mol. The number of carbonyl (C=O) groups excluding carboxylic acids is 1. The molecule has 4 nitrogen and oxygen atoms in total. The van der Waals surface area contributed by atoms with Crippen LogP contribution in [0.1, 0.15) is 21.5 Å². The van der Waals surface area contributed by atoms with E-state index >= 15 is 0 Å². The van der Waals surface area contributed by atoms with Crippen LogP contribution in [0.4, 0.5) is 0 Å². The molecule has 0 bridgehead atoms. The van der Waals surface area contributed by atoms with Crippen molar-refractivity contribution in [3.05, 3.63) is 34.9 Å². The van der Waals surface area contributed by atoms with Gasteiger partial charge >= 0.3 is 5.97 Å². The van der Waals surface area contributed by atoms with Gasteiger partial charge in [-0.05, 0) is 25.0 Å². The molecule has 0 fully saturated rings. The van der Waals surface area contributed by atoms with E-state index in [0.29, 0.717) is 5.56 Å². The van der Waals surface area contributed by atoms with Gasteiger partial charge in [0, 0.05) is 12.6 Å². The number of carboxylic acid groups (broad SMARTS) is 1. The zero-order valence-electron chi connectivity index (χ0n) is 9.65. The molecule has 0 atom stereocenters. The van der Waals surface area contributed by atoms with Crippen LogP contribution in [0, 0.1) is 13.8 Å². The normalized spacial score (nSPS) is 9.94. The van der Waals surface area contributed by atoms with E-state index in [2.05, 4.69) is 0 Å². The maximum absolute atomic E-state index is 12.0. The number of carboxylic acids is 1. The van der Waals surface area contributed by atoms with Crippen molar-refractivity contribution in [2.24, 2.45) is 0 Å². The first-order chi connectivity index (χ1) is 7.43. The number of amides is 1. The highest BCUT2D eigenvalue weighted by molar-refractivity contribution is 5.98. The van der Waals surface area contributed by atoms with Crippen molar-refractivity contribution in [3.8, 4) is 0 Å². The van der Waals surface area contributed by atoms with Crippen LogP contribution in [0.15, 0.2) is 18.2 Å². The van der Waals surface area contributed by atoms with E-state index in [1.165, 1.54) is 11.9 Å². The van der Waals surface area contributed by atoms with Gasteiger partial charge in [0.15, 0.2) is 0 Å². The second kappa shape index (κ2) is 4.79. The van der Waals surface area contributed by atoms with E-state index in [1.807, 2.05) is 32.0 Å². The van der Waals surface area contributed by atoms with Gasteiger partial charge in [0.05, 0.1) is 0 Å². The second-order valence-corrected chi connectivity index (χ2v) is 3.82. The molecule has 0 aliphatic carbocycles. The van der Waals surface area contributed by atoms with Gasteiger partial charge in [-0.1, -0.05) is 18.2 Å². The van der Waals surface area contributed by atoms with Crippen molar-refractivity contribution in [1.82, 2.24) is 4.90 Å². The Morgan fingerprint density at radius 1 is 1.25 bits per heavy atom. The molecule has 1 N–H and O–H groups in total. The Hall–Kier alpha value is -1.84. The minimum atomic E-state index is -1.01. The summed E-state index contributed by atoms with van der Waals surface area (Å²) in [5.41, 5.74) is 2.32. The molecule has 1 aromatic rings. The highest BCUT2D eigenvalue weighted by atomic mass is 16.4. The molecule has 0 unspecified atom stereocenters. The first kappa shape index (κ1) is 12.2. The van der Waals surface area contributed by atoms with Gasteiger partial charge in [-0.3, -0.25) is 9.59 Å². The topological polar surface area (TPSA) is 57.6 Å². The number of aryl methyl sites for hydroxylation is 2. The predicted molar refractivity (Wildman–Crippen MR) is 60.5 cm³/mol. The average molecular weight is 221 g/mol. The van der Waals surface area contributed by atoms with Gasteiger partial charge in [0.25, 0.3) is 5.91 Å². The van der Waals surface area contributed by atoms with Gasteiger partial charge in [-0.2, -0.15) is 0 Å². The van der Waals surface area contributed by atoms with Gasteiger partial charge in [-0.15, -0.1) is 0 Å². The molecule has 1 aromatic carbocycles. The van der Waals surface area contributed by atoms with Gasteiger partial charge in [-0.25, -0.2) is 0 Å². The zero-order chi connectivity index (χ0) is 12.3. The SMILES string of the molecule is Cc1cccc(C)c1C(=O)N(C)CC(=O)O. The summed E-state index contributed by atoms with van der Waals surface area (Å²) in [7, 11) is 1.49. The summed E-state index contributed by atoms with van der Waals surface area (Å²) >= 11 is 0. The number of aliphatic carboxylic acids is 1. The molecule has 1 amide bonds. The van der Waals surface area contributed by atoms with E-state index in [0.717, 1.165) is 11.1 Å². The Balaban J connectivity index is 3.00. The first-order valence-corrected chi connectivity index (χ1v) is 4.97. The van der Waals surface area contributed by atoms with E-state index in [1.54, 1.807) is 0 Å². The quantitative estimate of drug-likeness (QED) is 0.840. The lowest BCUT2D eigenvalue weighted by molar-refractivity contribution is -0.137. The van der Waals surface area contributed by atoms with Crippen LogP contribution in [0.2, 0.25) is 0 Å². The Bertz CT molecular complexity index is 406. The van der Waals surface area contributed by atoms with Gasteiger partial charge in [0.1, 0.15) is 6.54 Å². The summed E-state index contributed by atoms with van der Waals surface area (Å²) < 4.78 is 0. The number of nitrogens with zero attached hydrogens (tertiary/aromatic N) is 1. The van der Waals surface area contributed by atoms with Crippen molar-refractivity contribution >= 4 is 11.9 Å². The lowest BCUT2D eigenvalue weighted by atomic mass is 10.0. The van der Waals surface area contributed by atoms with E-state index in [4.69, 9.17) is 5.11 Å². The highest BCUT2D eigenvalue weighted by Crippen LogP contribution is 2.15. The molecule has 0 radical (unpaired) electrons. The fourth-order valence-corrected chi connectivity index (χ4v) is 1.62. The third-order valence-corrected chi connectivity index (χ3v) is 2.41. The Morgan fingerprint density at radius 2 is 1.75 bits per heavy atom. The molecule has 0 aromatic heterocycles. The second-order valence-electron chi connectivity index (χ2n) is 3.82. The minimum Gasteiger partial charge on any atom is -0.480 e. The average Bonchev–Trinajstić information content (AvgIpc) is 2.16. The van der Waals surface area contributed by atoms with Crippen molar-refractivity contribution in [3.63, 3.8) is 0 Å². The molecule has 4 heteroatoms. The summed E-state index contributed by atoms with van der Waals surface area (Å²) in [4.78, 5) is 23.7. The van der Waals surface area contributed by atoms with Crippen LogP contribution >= 0.6 is 0 Å². The van der Waals surface area contributed by atoms with Crippen molar-refractivity contribution in [1.29, 1.82) is 0 Å². The number of benzene rings is 1. The molecule has 0 aliphatic rings. The number of likely N-dealkylation sites (N-methyl/N-ethyl adjacent to an activating group) is 1. The molecule has 1 rings (SSSR count). The van der Waals surface area contributed by atoms with Crippen LogP contribution in [-0.4, -0.2) is 35.5 Å². The molecule has 0 spiro atoms. The molecular formula is C12H15NO3. The fraction of sp³-hybridized carbons (Fsp3) is 0.333. The molecule has 0 aliphatic heterocycles. The highest BCUT2D eigenvalue weighted by Gasteiger charge is 2.17. The van der Waals surface area contributed by atoms with Gasteiger partial charge < -0.3 is 10.0 Å². The minimum absolute atomic E-state index is 0.252. The summed E-state index contributed by atoms with van der Waals surface area (Å²) in [5.74, 6) is -1.26. The third-order valence-electron chi connectivity index (χ3n) is 2.41. The van der Waals surface area contributed by atoms with Crippen LogP contribution < -0.4 is 0 Å². The zero-order valence-corrected chi connectivity index (χ0v) is 9.65. The number of hydrogen-bond acceptors (Lipinski definition) is 2. The Kier molecular flexibility index (Phi) is 3.66. The first-order valence-electron chi connectivity index (χ1n) is 4.97. The number of rotatable bonds is 3. The molecule has 16 heavy (non-hydrogen) atoms. The van der Waals surface area contributed by atoms with Crippen LogP contribution in [-0.2, 0) is 4.79 Å². The predicted octanol–water partition coefficient (Wildman–Crippen LogP) is 1.46. The lowest BCUT2D eigenvalue weighted by Crippen LogP contribution is -2.32.